The average molecular weight is 369 g/mol. The molecule has 0 radical (unpaired) electrons. The van der Waals surface area contributed by atoms with E-state index in [2.05, 4.69) is 43.1 Å². The van der Waals surface area contributed by atoms with Gasteiger partial charge in [0.15, 0.2) is 10.6 Å². The Kier molecular flexibility index (Phi) is 5.54. The standard InChI is InChI=1S/C20H24N4OS/c1-15-7-5-6-8-18(15)19-21-24(20(26)23(19)3)14-22(2)13-16-9-11-17(25-4)12-10-16/h5-12H,13-14H2,1-4H3. The highest BCUT2D eigenvalue weighted by atomic mass is 32.1. The highest BCUT2D eigenvalue weighted by Gasteiger charge is 2.13. The zero-order valence-corrected chi connectivity index (χ0v) is 16.5. The summed E-state index contributed by atoms with van der Waals surface area (Å²) in [6.07, 6.45) is 0. The van der Waals surface area contributed by atoms with Gasteiger partial charge in [-0.25, -0.2) is 4.68 Å². The molecule has 3 rings (SSSR count). The van der Waals surface area contributed by atoms with Crippen LogP contribution in [0, 0.1) is 11.7 Å². The van der Waals surface area contributed by atoms with E-state index in [1.54, 1.807) is 7.11 Å². The van der Waals surface area contributed by atoms with Crippen LogP contribution < -0.4 is 4.74 Å². The minimum absolute atomic E-state index is 0.630. The van der Waals surface area contributed by atoms with Crippen LogP contribution in [-0.2, 0) is 20.3 Å². The number of methoxy groups -OCH3 is 1. The first kappa shape index (κ1) is 18.4. The summed E-state index contributed by atoms with van der Waals surface area (Å²) in [5, 5.41) is 4.76. The van der Waals surface area contributed by atoms with E-state index in [4.69, 9.17) is 22.1 Å². The lowest BCUT2D eigenvalue weighted by Gasteiger charge is -2.16. The van der Waals surface area contributed by atoms with E-state index in [-0.39, 0.29) is 0 Å². The van der Waals surface area contributed by atoms with Crippen molar-refractivity contribution in [2.75, 3.05) is 14.2 Å². The second kappa shape index (κ2) is 7.85. The lowest BCUT2D eigenvalue weighted by Crippen LogP contribution is -2.22. The summed E-state index contributed by atoms with van der Waals surface area (Å²) in [5.41, 5.74) is 3.52. The molecule has 0 saturated heterocycles. The number of aryl methyl sites for hydroxylation is 1. The summed E-state index contributed by atoms with van der Waals surface area (Å²) in [6.45, 7) is 3.53. The molecule has 6 heteroatoms. The first-order chi connectivity index (χ1) is 12.5. The fourth-order valence-electron chi connectivity index (χ4n) is 2.96. The Bertz CT molecular complexity index is 943. The summed E-state index contributed by atoms with van der Waals surface area (Å²) in [5.74, 6) is 1.76. The number of rotatable bonds is 6. The van der Waals surface area contributed by atoms with Crippen molar-refractivity contribution >= 4 is 12.2 Å². The molecule has 0 atom stereocenters. The Morgan fingerprint density at radius 2 is 1.81 bits per heavy atom. The van der Waals surface area contributed by atoms with Gasteiger partial charge in [-0.2, -0.15) is 5.10 Å². The smallest absolute Gasteiger partial charge is 0.199 e. The second-order valence-electron chi connectivity index (χ2n) is 6.48. The van der Waals surface area contributed by atoms with Crippen molar-refractivity contribution in [3.05, 3.63) is 64.4 Å². The summed E-state index contributed by atoms with van der Waals surface area (Å²) in [6, 6.07) is 16.3. The topological polar surface area (TPSA) is 35.2 Å². The third-order valence-electron chi connectivity index (χ3n) is 4.41. The third-order valence-corrected chi connectivity index (χ3v) is 4.90. The molecule has 26 heavy (non-hydrogen) atoms. The Morgan fingerprint density at radius 3 is 2.46 bits per heavy atom. The Morgan fingerprint density at radius 1 is 1.12 bits per heavy atom. The first-order valence-corrected chi connectivity index (χ1v) is 8.91. The minimum Gasteiger partial charge on any atom is -0.497 e. The van der Waals surface area contributed by atoms with Gasteiger partial charge in [0.05, 0.1) is 13.8 Å². The van der Waals surface area contributed by atoms with E-state index in [0.717, 1.165) is 23.7 Å². The normalized spacial score (nSPS) is 11.1. The lowest BCUT2D eigenvalue weighted by molar-refractivity contribution is 0.244. The number of aromatic nitrogens is 3. The monoisotopic (exact) mass is 368 g/mol. The van der Waals surface area contributed by atoms with Crippen molar-refractivity contribution in [3.8, 4) is 17.1 Å². The van der Waals surface area contributed by atoms with Crippen LogP contribution in [0.25, 0.3) is 11.4 Å². The van der Waals surface area contributed by atoms with Gasteiger partial charge in [-0.1, -0.05) is 36.4 Å². The average Bonchev–Trinajstić information content (AvgIpc) is 2.91. The van der Waals surface area contributed by atoms with E-state index in [0.29, 0.717) is 11.4 Å². The van der Waals surface area contributed by atoms with Gasteiger partial charge < -0.3 is 9.30 Å². The van der Waals surface area contributed by atoms with Gasteiger partial charge in [-0.15, -0.1) is 0 Å². The molecule has 136 valence electrons. The van der Waals surface area contributed by atoms with Gasteiger partial charge in [0.1, 0.15) is 5.75 Å². The van der Waals surface area contributed by atoms with Gasteiger partial charge in [0.25, 0.3) is 0 Å². The molecule has 5 nitrogen and oxygen atoms in total. The zero-order chi connectivity index (χ0) is 18.7. The fraction of sp³-hybridized carbons (Fsp3) is 0.300. The van der Waals surface area contributed by atoms with Crippen LogP contribution in [0.4, 0.5) is 0 Å². The number of nitrogens with zero attached hydrogens (tertiary/aromatic N) is 4. The molecule has 0 fully saturated rings. The van der Waals surface area contributed by atoms with Crippen LogP contribution in [0.1, 0.15) is 11.1 Å². The third kappa shape index (κ3) is 3.86. The Labute approximate surface area is 159 Å². The van der Waals surface area contributed by atoms with E-state index in [1.165, 1.54) is 11.1 Å². The molecule has 1 aromatic heterocycles. The Balaban J connectivity index is 1.78. The van der Waals surface area contributed by atoms with Gasteiger partial charge in [-0.3, -0.25) is 4.90 Å². The molecular formula is C20H24N4OS. The van der Waals surface area contributed by atoms with Gasteiger partial charge in [-0.05, 0) is 49.4 Å². The van der Waals surface area contributed by atoms with E-state index < -0.39 is 0 Å². The molecule has 0 unspecified atom stereocenters. The van der Waals surface area contributed by atoms with Crippen molar-refractivity contribution < 1.29 is 4.74 Å². The molecule has 2 aromatic carbocycles. The maximum Gasteiger partial charge on any atom is 0.199 e. The van der Waals surface area contributed by atoms with Crippen molar-refractivity contribution in [2.24, 2.45) is 7.05 Å². The molecule has 0 aliphatic rings. The van der Waals surface area contributed by atoms with Crippen LogP contribution >= 0.6 is 12.2 Å². The van der Waals surface area contributed by atoms with Crippen molar-refractivity contribution in [2.45, 2.75) is 20.1 Å². The highest BCUT2D eigenvalue weighted by molar-refractivity contribution is 7.71. The predicted octanol–water partition coefficient (Wildman–Crippen LogP) is 4.02. The zero-order valence-electron chi connectivity index (χ0n) is 15.6. The van der Waals surface area contributed by atoms with Crippen LogP contribution in [0.5, 0.6) is 5.75 Å². The molecule has 1 heterocycles. The van der Waals surface area contributed by atoms with Crippen molar-refractivity contribution in [1.29, 1.82) is 0 Å². The van der Waals surface area contributed by atoms with Crippen LogP contribution in [0.15, 0.2) is 48.5 Å². The predicted molar refractivity (Wildman–Crippen MR) is 107 cm³/mol. The molecule has 0 spiro atoms. The molecule has 0 saturated carbocycles. The van der Waals surface area contributed by atoms with Crippen LogP contribution in [0.2, 0.25) is 0 Å². The Hall–Kier alpha value is -2.44. The van der Waals surface area contributed by atoms with Crippen LogP contribution in [0.3, 0.4) is 0 Å². The van der Waals surface area contributed by atoms with Crippen molar-refractivity contribution in [3.63, 3.8) is 0 Å². The summed E-state index contributed by atoms with van der Waals surface area (Å²) in [4.78, 5) is 2.19. The first-order valence-electron chi connectivity index (χ1n) is 8.51. The molecule has 0 aliphatic carbocycles. The lowest BCUT2D eigenvalue weighted by atomic mass is 10.1. The number of hydrogen-bond donors (Lipinski definition) is 0. The number of ether oxygens (including phenoxy) is 1. The highest BCUT2D eigenvalue weighted by Crippen LogP contribution is 2.21. The molecule has 3 aromatic rings. The van der Waals surface area contributed by atoms with E-state index in [9.17, 15) is 0 Å². The maximum absolute atomic E-state index is 5.59. The molecule has 0 N–H and O–H groups in total. The fourth-order valence-corrected chi connectivity index (χ4v) is 3.14. The molecular weight excluding hydrogens is 344 g/mol. The summed E-state index contributed by atoms with van der Waals surface area (Å²) in [7, 11) is 5.71. The minimum atomic E-state index is 0.630. The quantitative estimate of drug-likeness (QED) is 0.616. The summed E-state index contributed by atoms with van der Waals surface area (Å²) < 4.78 is 9.77. The van der Waals surface area contributed by atoms with E-state index >= 15 is 0 Å². The number of benzene rings is 2. The molecule has 0 bridgehead atoms. The number of hydrogen-bond acceptors (Lipinski definition) is 4. The van der Waals surface area contributed by atoms with Gasteiger partial charge in [0, 0.05) is 19.2 Å². The molecule has 0 aliphatic heterocycles. The van der Waals surface area contributed by atoms with E-state index in [1.807, 2.05) is 40.6 Å². The maximum atomic E-state index is 5.59. The SMILES string of the molecule is COc1ccc(CN(C)Cn2nc(-c3ccccc3C)n(C)c2=S)cc1. The summed E-state index contributed by atoms with van der Waals surface area (Å²) >= 11 is 5.59. The van der Waals surface area contributed by atoms with Gasteiger partial charge >= 0.3 is 0 Å². The largest absolute Gasteiger partial charge is 0.497 e. The van der Waals surface area contributed by atoms with Crippen molar-refractivity contribution in [1.82, 2.24) is 19.2 Å². The second-order valence-corrected chi connectivity index (χ2v) is 6.85. The van der Waals surface area contributed by atoms with Gasteiger partial charge in [0.2, 0.25) is 0 Å². The molecule has 0 amide bonds. The van der Waals surface area contributed by atoms with Crippen LogP contribution in [-0.4, -0.2) is 33.4 Å².